The van der Waals surface area contributed by atoms with Gasteiger partial charge in [0.15, 0.2) is 0 Å². The van der Waals surface area contributed by atoms with E-state index in [1.165, 1.54) is 7.11 Å². The molecule has 1 atom stereocenters. The molecule has 1 aromatic carbocycles. The van der Waals surface area contributed by atoms with E-state index in [4.69, 9.17) is 11.6 Å². The predicted molar refractivity (Wildman–Crippen MR) is 90.1 cm³/mol. The molecule has 25 heavy (non-hydrogen) atoms. The highest BCUT2D eigenvalue weighted by Crippen LogP contribution is 2.21. The van der Waals surface area contributed by atoms with Gasteiger partial charge in [0.1, 0.15) is 16.8 Å². The van der Waals surface area contributed by atoms with Gasteiger partial charge in [-0.3, -0.25) is 4.79 Å². The molecule has 0 heterocycles. The summed E-state index contributed by atoms with van der Waals surface area (Å²) in [6.45, 7) is 1.33. The van der Waals surface area contributed by atoms with Gasteiger partial charge in [0, 0.05) is 0 Å². The van der Waals surface area contributed by atoms with Gasteiger partial charge in [-0.05, 0) is 24.6 Å². The fourth-order valence-electron chi connectivity index (χ4n) is 1.98. The number of carbonyl (C=O) groups excluding carboxylic acids is 2. The van der Waals surface area contributed by atoms with Gasteiger partial charge < -0.3 is 10.1 Å². The molecule has 10 heteroatoms. The summed E-state index contributed by atoms with van der Waals surface area (Å²) in [6.07, 6.45) is 1.89. The Bertz CT molecular complexity index is 727. The minimum atomic E-state index is -4.11. The third kappa shape index (κ3) is 6.60. The van der Waals surface area contributed by atoms with Gasteiger partial charge in [-0.15, -0.1) is 0 Å². The van der Waals surface area contributed by atoms with E-state index in [0.717, 1.165) is 24.6 Å². The van der Waals surface area contributed by atoms with Crippen LogP contribution in [0.3, 0.4) is 0 Å². The van der Waals surface area contributed by atoms with Gasteiger partial charge in [-0.2, -0.15) is 0 Å². The second-order valence-corrected chi connectivity index (χ2v) is 7.33. The van der Waals surface area contributed by atoms with Gasteiger partial charge in [0.25, 0.3) is 0 Å². The Morgan fingerprint density at radius 3 is 2.60 bits per heavy atom. The summed E-state index contributed by atoms with van der Waals surface area (Å²) in [4.78, 5) is 23.2. The average molecular weight is 395 g/mol. The molecule has 7 nitrogen and oxygen atoms in total. The number of unbranched alkanes of at least 4 members (excludes halogenated alkanes) is 1. The zero-order chi connectivity index (χ0) is 19.0. The van der Waals surface area contributed by atoms with E-state index in [-0.39, 0.29) is 9.92 Å². The SMILES string of the molecule is CCCCC(NC(=O)CNS(=O)(=O)c1ccc(F)cc1Cl)C(=O)OC. The van der Waals surface area contributed by atoms with Crippen molar-refractivity contribution in [3.8, 4) is 0 Å². The fraction of sp³-hybridized carbons (Fsp3) is 0.467. The van der Waals surface area contributed by atoms with Crippen LogP contribution in [-0.4, -0.2) is 40.0 Å². The van der Waals surface area contributed by atoms with Crippen LogP contribution in [0.5, 0.6) is 0 Å². The molecule has 0 bridgehead atoms. The first-order valence-electron chi connectivity index (χ1n) is 7.53. The number of carbonyl (C=O) groups is 2. The van der Waals surface area contributed by atoms with Crippen molar-refractivity contribution in [2.24, 2.45) is 0 Å². The fourth-order valence-corrected chi connectivity index (χ4v) is 3.49. The van der Waals surface area contributed by atoms with E-state index in [1.807, 2.05) is 6.92 Å². The summed E-state index contributed by atoms with van der Waals surface area (Å²) < 4.78 is 43.9. The second-order valence-electron chi connectivity index (χ2n) is 5.18. The summed E-state index contributed by atoms with van der Waals surface area (Å²) in [6, 6.07) is 1.94. The Labute approximate surface area is 150 Å². The molecule has 0 saturated heterocycles. The number of methoxy groups -OCH3 is 1. The number of esters is 1. The minimum absolute atomic E-state index is 0.303. The zero-order valence-electron chi connectivity index (χ0n) is 13.8. The van der Waals surface area contributed by atoms with E-state index in [1.54, 1.807) is 0 Å². The third-order valence-electron chi connectivity index (χ3n) is 3.27. The van der Waals surface area contributed by atoms with Gasteiger partial charge >= 0.3 is 5.97 Å². The lowest BCUT2D eigenvalue weighted by molar-refractivity contribution is -0.145. The quantitative estimate of drug-likeness (QED) is 0.619. The molecule has 1 aromatic rings. The zero-order valence-corrected chi connectivity index (χ0v) is 15.4. The number of sulfonamides is 1. The Hall–Kier alpha value is -1.71. The van der Waals surface area contributed by atoms with Crippen LogP contribution in [-0.2, 0) is 24.3 Å². The highest BCUT2D eigenvalue weighted by molar-refractivity contribution is 7.89. The molecule has 0 aliphatic heterocycles. The van der Waals surface area contributed by atoms with Crippen LogP contribution >= 0.6 is 11.6 Å². The lowest BCUT2D eigenvalue weighted by Crippen LogP contribution is -2.45. The normalized spacial score (nSPS) is 12.5. The van der Waals surface area contributed by atoms with Crippen molar-refractivity contribution in [2.75, 3.05) is 13.7 Å². The monoisotopic (exact) mass is 394 g/mol. The number of hydrogen-bond donors (Lipinski definition) is 2. The van der Waals surface area contributed by atoms with Gasteiger partial charge in [0.05, 0.1) is 18.7 Å². The Balaban J connectivity index is 2.71. The molecular weight excluding hydrogens is 375 g/mol. The van der Waals surface area contributed by atoms with Crippen molar-refractivity contribution in [1.82, 2.24) is 10.0 Å². The number of benzene rings is 1. The van der Waals surface area contributed by atoms with E-state index < -0.39 is 40.3 Å². The van der Waals surface area contributed by atoms with Crippen molar-refractivity contribution >= 4 is 33.5 Å². The molecule has 0 radical (unpaired) electrons. The predicted octanol–water partition coefficient (Wildman–Crippen LogP) is 1.61. The van der Waals surface area contributed by atoms with E-state index in [0.29, 0.717) is 12.8 Å². The molecule has 0 saturated carbocycles. The molecule has 140 valence electrons. The summed E-state index contributed by atoms with van der Waals surface area (Å²) in [5, 5.41) is 2.11. The van der Waals surface area contributed by atoms with Crippen molar-refractivity contribution < 1.29 is 27.1 Å². The molecule has 0 spiro atoms. The molecule has 1 unspecified atom stereocenters. The molecule has 0 aliphatic carbocycles. The van der Waals surface area contributed by atoms with Crippen molar-refractivity contribution in [2.45, 2.75) is 37.1 Å². The van der Waals surface area contributed by atoms with Crippen molar-refractivity contribution in [3.05, 3.63) is 29.0 Å². The van der Waals surface area contributed by atoms with Crippen LogP contribution in [0, 0.1) is 5.82 Å². The smallest absolute Gasteiger partial charge is 0.328 e. The van der Waals surface area contributed by atoms with E-state index >= 15 is 0 Å². The number of nitrogens with one attached hydrogen (secondary N) is 2. The van der Waals surface area contributed by atoms with Crippen LogP contribution in [0.2, 0.25) is 5.02 Å². The first-order chi connectivity index (χ1) is 11.7. The van der Waals surface area contributed by atoms with Crippen molar-refractivity contribution in [1.29, 1.82) is 0 Å². The number of amides is 1. The van der Waals surface area contributed by atoms with Gasteiger partial charge in [-0.25, -0.2) is 22.3 Å². The number of ether oxygens (including phenoxy) is 1. The van der Waals surface area contributed by atoms with Gasteiger partial charge in [0.2, 0.25) is 15.9 Å². The molecule has 0 aromatic heterocycles. The highest BCUT2D eigenvalue weighted by atomic mass is 35.5. The maximum absolute atomic E-state index is 13.0. The summed E-state index contributed by atoms with van der Waals surface area (Å²) in [7, 11) is -2.91. The van der Waals surface area contributed by atoms with Crippen LogP contribution in [0.4, 0.5) is 4.39 Å². The molecule has 1 rings (SSSR count). The third-order valence-corrected chi connectivity index (χ3v) is 5.16. The first kappa shape index (κ1) is 21.3. The number of hydrogen-bond acceptors (Lipinski definition) is 5. The lowest BCUT2D eigenvalue weighted by atomic mass is 10.1. The maximum Gasteiger partial charge on any atom is 0.328 e. The Morgan fingerprint density at radius 1 is 1.36 bits per heavy atom. The molecule has 0 aliphatic rings. The maximum atomic E-state index is 13.0. The number of halogens is 2. The first-order valence-corrected chi connectivity index (χ1v) is 9.39. The Kier molecular flexibility index (Phi) is 8.27. The lowest BCUT2D eigenvalue weighted by Gasteiger charge is -2.16. The summed E-state index contributed by atoms with van der Waals surface area (Å²) in [5.41, 5.74) is 0. The number of rotatable bonds is 9. The molecule has 1 amide bonds. The topological polar surface area (TPSA) is 102 Å². The standard InChI is InChI=1S/C15H20ClFN2O5S/c1-3-4-5-12(15(21)24-2)19-14(20)9-18-25(22,23)13-7-6-10(17)8-11(13)16/h6-8,12,18H,3-5,9H2,1-2H3,(H,19,20). The minimum Gasteiger partial charge on any atom is -0.467 e. The van der Waals surface area contributed by atoms with Crippen LogP contribution in [0.15, 0.2) is 23.1 Å². The van der Waals surface area contributed by atoms with Crippen LogP contribution in [0.25, 0.3) is 0 Å². The van der Waals surface area contributed by atoms with Gasteiger partial charge in [-0.1, -0.05) is 31.4 Å². The summed E-state index contributed by atoms with van der Waals surface area (Å²) in [5.74, 6) is -1.99. The van der Waals surface area contributed by atoms with Crippen molar-refractivity contribution in [3.63, 3.8) is 0 Å². The largest absolute Gasteiger partial charge is 0.467 e. The van der Waals surface area contributed by atoms with Crippen LogP contribution in [0.1, 0.15) is 26.2 Å². The molecular formula is C15H20ClFN2O5S. The van der Waals surface area contributed by atoms with E-state index in [2.05, 4.69) is 14.8 Å². The van der Waals surface area contributed by atoms with E-state index in [9.17, 15) is 22.4 Å². The summed E-state index contributed by atoms with van der Waals surface area (Å²) >= 11 is 5.71. The second kappa shape index (κ2) is 9.69. The molecule has 0 fully saturated rings. The average Bonchev–Trinajstić information content (AvgIpc) is 2.55. The van der Waals surface area contributed by atoms with Crippen LogP contribution < -0.4 is 10.0 Å². The highest BCUT2D eigenvalue weighted by Gasteiger charge is 2.23. The molecule has 2 N–H and O–H groups in total. The Morgan fingerprint density at radius 2 is 2.04 bits per heavy atom.